The quantitative estimate of drug-likeness (QED) is 0.876. The molecule has 1 N–H and O–H groups in total. The van der Waals surface area contributed by atoms with E-state index in [9.17, 15) is 0 Å². The van der Waals surface area contributed by atoms with Crippen LogP contribution in [0.25, 0.3) is 5.82 Å². The molecule has 0 amide bonds. The number of aryl methyl sites for hydroxylation is 1. The molecular formula is C13H18N4. The van der Waals surface area contributed by atoms with E-state index in [0.717, 1.165) is 18.2 Å². The summed E-state index contributed by atoms with van der Waals surface area (Å²) < 4.78 is 1.97. The summed E-state index contributed by atoms with van der Waals surface area (Å²) in [5, 5.41) is 3.37. The maximum absolute atomic E-state index is 4.47. The van der Waals surface area contributed by atoms with Crippen LogP contribution in [0.1, 0.15) is 31.3 Å². The smallest absolute Gasteiger partial charge is 0.137 e. The molecule has 4 heteroatoms. The Kier molecular flexibility index (Phi) is 3.54. The number of imidazole rings is 1. The van der Waals surface area contributed by atoms with Gasteiger partial charge in [-0.1, -0.05) is 13.0 Å². The van der Waals surface area contributed by atoms with Gasteiger partial charge in [0.05, 0.1) is 0 Å². The highest BCUT2D eigenvalue weighted by Gasteiger charge is 2.05. The van der Waals surface area contributed by atoms with E-state index in [1.165, 1.54) is 5.56 Å². The number of hydrogen-bond acceptors (Lipinski definition) is 3. The van der Waals surface area contributed by atoms with Crippen molar-refractivity contribution in [1.82, 2.24) is 19.9 Å². The van der Waals surface area contributed by atoms with Gasteiger partial charge in [0.15, 0.2) is 0 Å². The molecule has 17 heavy (non-hydrogen) atoms. The molecule has 1 unspecified atom stereocenters. The lowest BCUT2D eigenvalue weighted by Gasteiger charge is -2.12. The minimum absolute atomic E-state index is 0.338. The lowest BCUT2D eigenvalue weighted by molar-refractivity contribution is 0.596. The Bertz CT molecular complexity index is 472. The van der Waals surface area contributed by atoms with Gasteiger partial charge in [-0.05, 0) is 32.0 Å². The standard InChI is InChI=1S/C13H18N4/c1-4-14-10(2)12-5-6-13(16-9-12)17-8-7-15-11(17)3/h5-10,14H,4H2,1-3H3. The largest absolute Gasteiger partial charge is 0.310 e. The molecule has 2 rings (SSSR count). The Balaban J connectivity index is 2.21. The van der Waals surface area contributed by atoms with E-state index in [4.69, 9.17) is 0 Å². The van der Waals surface area contributed by atoms with E-state index in [0.29, 0.717) is 6.04 Å². The van der Waals surface area contributed by atoms with E-state index in [2.05, 4.69) is 35.2 Å². The molecule has 90 valence electrons. The van der Waals surface area contributed by atoms with Crippen molar-refractivity contribution in [3.05, 3.63) is 42.1 Å². The second-order valence-electron chi connectivity index (χ2n) is 4.07. The van der Waals surface area contributed by atoms with Crippen molar-refractivity contribution in [3.63, 3.8) is 0 Å². The SMILES string of the molecule is CCNC(C)c1ccc(-n2ccnc2C)nc1. The first-order valence-corrected chi connectivity index (χ1v) is 5.92. The molecule has 0 aliphatic carbocycles. The van der Waals surface area contributed by atoms with Crippen molar-refractivity contribution in [2.24, 2.45) is 0 Å². The minimum Gasteiger partial charge on any atom is -0.310 e. The summed E-state index contributed by atoms with van der Waals surface area (Å²) in [5.41, 5.74) is 1.20. The van der Waals surface area contributed by atoms with Crippen molar-refractivity contribution in [3.8, 4) is 5.82 Å². The predicted octanol–water partition coefficient (Wildman–Crippen LogP) is 2.25. The van der Waals surface area contributed by atoms with Gasteiger partial charge in [0.1, 0.15) is 11.6 Å². The second kappa shape index (κ2) is 5.10. The van der Waals surface area contributed by atoms with Gasteiger partial charge >= 0.3 is 0 Å². The molecule has 0 fully saturated rings. The highest BCUT2D eigenvalue weighted by atomic mass is 15.1. The highest BCUT2D eigenvalue weighted by molar-refractivity contribution is 5.28. The molecular weight excluding hydrogens is 212 g/mol. The highest BCUT2D eigenvalue weighted by Crippen LogP contribution is 2.13. The van der Waals surface area contributed by atoms with Crippen LogP contribution in [0.15, 0.2) is 30.7 Å². The molecule has 0 aromatic carbocycles. The van der Waals surface area contributed by atoms with Crippen LogP contribution in [-0.2, 0) is 0 Å². The number of nitrogens with one attached hydrogen (secondary N) is 1. The number of hydrogen-bond donors (Lipinski definition) is 1. The Morgan fingerprint density at radius 3 is 2.71 bits per heavy atom. The van der Waals surface area contributed by atoms with Crippen LogP contribution in [0, 0.1) is 6.92 Å². The third kappa shape index (κ3) is 2.53. The molecule has 2 heterocycles. The average Bonchev–Trinajstić information content (AvgIpc) is 2.76. The summed E-state index contributed by atoms with van der Waals surface area (Å²) in [7, 11) is 0. The van der Waals surface area contributed by atoms with Crippen LogP contribution in [0.5, 0.6) is 0 Å². The lowest BCUT2D eigenvalue weighted by atomic mass is 10.1. The summed E-state index contributed by atoms with van der Waals surface area (Å²) in [5.74, 6) is 1.86. The van der Waals surface area contributed by atoms with Crippen molar-refractivity contribution in [2.75, 3.05) is 6.54 Å². The second-order valence-corrected chi connectivity index (χ2v) is 4.07. The lowest BCUT2D eigenvalue weighted by Crippen LogP contribution is -2.17. The van der Waals surface area contributed by atoms with Gasteiger partial charge in [-0.15, -0.1) is 0 Å². The fraction of sp³-hybridized carbons (Fsp3) is 0.385. The van der Waals surface area contributed by atoms with Gasteiger partial charge in [0.25, 0.3) is 0 Å². The first kappa shape index (κ1) is 11.8. The predicted molar refractivity (Wildman–Crippen MR) is 68.2 cm³/mol. The molecule has 2 aromatic rings. The number of nitrogens with zero attached hydrogens (tertiary/aromatic N) is 3. The van der Waals surface area contributed by atoms with E-state index in [1.807, 2.05) is 30.0 Å². The van der Waals surface area contributed by atoms with Crippen LogP contribution in [0.2, 0.25) is 0 Å². The summed E-state index contributed by atoms with van der Waals surface area (Å²) in [6.45, 7) is 7.18. The van der Waals surface area contributed by atoms with Crippen LogP contribution < -0.4 is 5.32 Å². The van der Waals surface area contributed by atoms with Crippen LogP contribution >= 0.6 is 0 Å². The van der Waals surface area contributed by atoms with Crippen LogP contribution in [-0.4, -0.2) is 21.1 Å². The van der Waals surface area contributed by atoms with E-state index in [-0.39, 0.29) is 0 Å². The molecule has 0 aliphatic rings. The first-order chi connectivity index (χ1) is 8.22. The number of aromatic nitrogens is 3. The van der Waals surface area contributed by atoms with Crippen molar-refractivity contribution < 1.29 is 0 Å². The fourth-order valence-corrected chi connectivity index (χ4v) is 1.84. The van der Waals surface area contributed by atoms with Crippen molar-refractivity contribution >= 4 is 0 Å². The van der Waals surface area contributed by atoms with Crippen LogP contribution in [0.3, 0.4) is 0 Å². The summed E-state index contributed by atoms with van der Waals surface area (Å²) in [6, 6.07) is 4.47. The zero-order valence-corrected chi connectivity index (χ0v) is 10.5. The summed E-state index contributed by atoms with van der Waals surface area (Å²) in [6.07, 6.45) is 5.62. The van der Waals surface area contributed by atoms with Crippen molar-refractivity contribution in [2.45, 2.75) is 26.8 Å². The van der Waals surface area contributed by atoms with Crippen molar-refractivity contribution in [1.29, 1.82) is 0 Å². The molecule has 1 atom stereocenters. The maximum Gasteiger partial charge on any atom is 0.137 e. The van der Waals surface area contributed by atoms with Gasteiger partial charge in [-0.25, -0.2) is 9.97 Å². The Hall–Kier alpha value is -1.68. The molecule has 0 spiro atoms. The van der Waals surface area contributed by atoms with E-state index in [1.54, 1.807) is 6.20 Å². The van der Waals surface area contributed by atoms with Crippen LogP contribution in [0.4, 0.5) is 0 Å². The number of pyridine rings is 1. The minimum atomic E-state index is 0.338. The van der Waals surface area contributed by atoms with Gasteiger partial charge in [-0.2, -0.15) is 0 Å². The molecule has 0 saturated heterocycles. The molecule has 0 bridgehead atoms. The summed E-state index contributed by atoms with van der Waals surface area (Å²) >= 11 is 0. The van der Waals surface area contributed by atoms with Gasteiger partial charge in [0.2, 0.25) is 0 Å². The molecule has 0 aliphatic heterocycles. The topological polar surface area (TPSA) is 42.7 Å². The van der Waals surface area contributed by atoms with Gasteiger partial charge in [-0.3, -0.25) is 4.57 Å². The summed E-state index contributed by atoms with van der Waals surface area (Å²) in [4.78, 5) is 8.66. The zero-order chi connectivity index (χ0) is 12.3. The molecule has 4 nitrogen and oxygen atoms in total. The Morgan fingerprint density at radius 1 is 1.35 bits per heavy atom. The molecule has 0 saturated carbocycles. The fourth-order valence-electron chi connectivity index (χ4n) is 1.84. The zero-order valence-electron chi connectivity index (χ0n) is 10.5. The monoisotopic (exact) mass is 230 g/mol. The average molecular weight is 230 g/mol. The van der Waals surface area contributed by atoms with E-state index >= 15 is 0 Å². The van der Waals surface area contributed by atoms with E-state index < -0.39 is 0 Å². The first-order valence-electron chi connectivity index (χ1n) is 5.92. The molecule has 0 radical (unpaired) electrons. The third-order valence-corrected chi connectivity index (χ3v) is 2.85. The normalized spacial score (nSPS) is 12.6. The Morgan fingerprint density at radius 2 is 2.18 bits per heavy atom. The van der Waals surface area contributed by atoms with Gasteiger partial charge < -0.3 is 5.32 Å². The third-order valence-electron chi connectivity index (χ3n) is 2.85. The maximum atomic E-state index is 4.47. The van der Waals surface area contributed by atoms with Gasteiger partial charge in [0, 0.05) is 24.6 Å². The number of rotatable bonds is 4. The Labute approximate surface area is 102 Å². The molecule has 2 aromatic heterocycles.